The van der Waals surface area contributed by atoms with E-state index in [0.717, 1.165) is 12.8 Å². The van der Waals surface area contributed by atoms with Gasteiger partial charge in [-0.2, -0.15) is 0 Å². The van der Waals surface area contributed by atoms with E-state index < -0.39 is 6.10 Å². The molecule has 0 radical (unpaired) electrons. The Hall–Kier alpha value is -1.35. The highest BCUT2D eigenvalue weighted by atomic mass is 16.5. The lowest BCUT2D eigenvalue weighted by atomic mass is 9.93. The monoisotopic (exact) mass is 234 g/mol. The van der Waals surface area contributed by atoms with E-state index in [1.165, 1.54) is 5.56 Å². The van der Waals surface area contributed by atoms with Crippen LogP contribution in [0.25, 0.3) is 0 Å². The molecule has 0 amide bonds. The van der Waals surface area contributed by atoms with E-state index in [4.69, 9.17) is 4.74 Å². The second kappa shape index (κ2) is 5.32. The maximum atomic E-state index is 11.4. The zero-order valence-corrected chi connectivity index (χ0v) is 10.0. The molecule has 0 spiro atoms. The van der Waals surface area contributed by atoms with Crippen molar-refractivity contribution in [2.45, 2.75) is 38.4 Å². The quantitative estimate of drug-likeness (QED) is 0.813. The lowest BCUT2D eigenvalue weighted by Gasteiger charge is -2.30. The maximum Gasteiger partial charge on any atom is 0.311 e. The highest BCUT2D eigenvalue weighted by Gasteiger charge is 2.33. The Morgan fingerprint density at radius 3 is 2.71 bits per heavy atom. The van der Waals surface area contributed by atoms with Gasteiger partial charge in [0.1, 0.15) is 6.10 Å². The molecule has 0 aromatic heterocycles. The van der Waals surface area contributed by atoms with Crippen LogP contribution in [0.1, 0.15) is 25.3 Å². The Bertz CT molecular complexity index is 374. The molecule has 1 fully saturated rings. The molecule has 2 rings (SSSR count). The fourth-order valence-electron chi connectivity index (χ4n) is 2.10. The molecule has 0 aliphatic carbocycles. The van der Waals surface area contributed by atoms with Gasteiger partial charge in [0.25, 0.3) is 0 Å². The molecule has 3 nitrogen and oxygen atoms in total. The second-order valence-corrected chi connectivity index (χ2v) is 4.67. The van der Waals surface area contributed by atoms with Gasteiger partial charge >= 0.3 is 5.97 Å². The zero-order chi connectivity index (χ0) is 12.3. The van der Waals surface area contributed by atoms with Gasteiger partial charge in [0, 0.05) is 6.42 Å². The average Bonchev–Trinajstić information content (AvgIpc) is 2.34. The lowest BCUT2D eigenvalue weighted by molar-refractivity contribution is -0.168. The van der Waals surface area contributed by atoms with Crippen LogP contribution in [0.2, 0.25) is 0 Å². The third kappa shape index (κ3) is 3.07. The summed E-state index contributed by atoms with van der Waals surface area (Å²) in [5.41, 5.74) is 1.23. The number of aliphatic hydroxyl groups is 1. The van der Waals surface area contributed by atoms with Gasteiger partial charge in [0.2, 0.25) is 0 Å². The number of cyclic esters (lactones) is 1. The van der Waals surface area contributed by atoms with Crippen LogP contribution in [0, 0.1) is 5.92 Å². The van der Waals surface area contributed by atoms with Crippen LogP contribution in [0.5, 0.6) is 0 Å². The molecule has 1 aromatic rings. The number of esters is 1. The van der Waals surface area contributed by atoms with Gasteiger partial charge in [0.05, 0.1) is 12.0 Å². The van der Waals surface area contributed by atoms with Gasteiger partial charge in [-0.3, -0.25) is 4.79 Å². The highest BCUT2D eigenvalue weighted by Crippen LogP contribution is 2.23. The summed E-state index contributed by atoms with van der Waals surface area (Å²) in [4.78, 5) is 11.4. The third-order valence-electron chi connectivity index (χ3n) is 3.33. The Kier molecular flexibility index (Phi) is 3.79. The van der Waals surface area contributed by atoms with E-state index in [1.807, 2.05) is 18.2 Å². The SMILES string of the molecule is C[C@H]1C(=O)O[C@@H](CCc2ccccc2)C[C@@H]1O. The molecule has 92 valence electrons. The zero-order valence-electron chi connectivity index (χ0n) is 10.0. The smallest absolute Gasteiger partial charge is 0.311 e. The van der Waals surface area contributed by atoms with E-state index in [-0.39, 0.29) is 18.0 Å². The summed E-state index contributed by atoms with van der Waals surface area (Å²) in [7, 11) is 0. The van der Waals surface area contributed by atoms with Crippen molar-refractivity contribution in [2.75, 3.05) is 0 Å². The van der Waals surface area contributed by atoms with Crippen molar-refractivity contribution >= 4 is 5.97 Å². The number of carbonyl (C=O) groups is 1. The number of benzene rings is 1. The first-order valence-electron chi connectivity index (χ1n) is 6.09. The molecule has 1 N–H and O–H groups in total. The largest absolute Gasteiger partial charge is 0.462 e. The molecular weight excluding hydrogens is 216 g/mol. The van der Waals surface area contributed by atoms with Crippen LogP contribution in [-0.4, -0.2) is 23.3 Å². The van der Waals surface area contributed by atoms with Crippen molar-refractivity contribution in [3.05, 3.63) is 35.9 Å². The second-order valence-electron chi connectivity index (χ2n) is 4.67. The average molecular weight is 234 g/mol. The topological polar surface area (TPSA) is 46.5 Å². The van der Waals surface area contributed by atoms with E-state index in [1.54, 1.807) is 6.92 Å². The summed E-state index contributed by atoms with van der Waals surface area (Å²) in [5, 5.41) is 9.71. The van der Waals surface area contributed by atoms with Crippen LogP contribution in [0.3, 0.4) is 0 Å². The summed E-state index contributed by atoms with van der Waals surface area (Å²) in [6.45, 7) is 1.71. The van der Waals surface area contributed by atoms with E-state index in [2.05, 4.69) is 12.1 Å². The summed E-state index contributed by atoms with van der Waals surface area (Å²) in [6.07, 6.45) is 1.50. The molecule has 1 saturated heterocycles. The molecule has 0 bridgehead atoms. The number of carbonyl (C=O) groups excluding carboxylic acids is 1. The van der Waals surface area contributed by atoms with E-state index >= 15 is 0 Å². The highest BCUT2D eigenvalue weighted by molar-refractivity contribution is 5.73. The number of aryl methyl sites for hydroxylation is 1. The van der Waals surface area contributed by atoms with Crippen molar-refractivity contribution in [3.63, 3.8) is 0 Å². The van der Waals surface area contributed by atoms with E-state index in [0.29, 0.717) is 6.42 Å². The van der Waals surface area contributed by atoms with Crippen LogP contribution in [0.4, 0.5) is 0 Å². The molecule has 17 heavy (non-hydrogen) atoms. The van der Waals surface area contributed by atoms with Crippen molar-refractivity contribution in [1.29, 1.82) is 0 Å². The van der Waals surface area contributed by atoms with Gasteiger partial charge in [-0.25, -0.2) is 0 Å². The van der Waals surface area contributed by atoms with Crippen molar-refractivity contribution in [2.24, 2.45) is 5.92 Å². The molecule has 0 saturated carbocycles. The molecular formula is C14H18O3. The normalized spacial score (nSPS) is 28.8. The minimum atomic E-state index is -0.558. The van der Waals surface area contributed by atoms with Gasteiger partial charge in [-0.05, 0) is 25.3 Å². The summed E-state index contributed by atoms with van der Waals surface area (Å²) >= 11 is 0. The Balaban J connectivity index is 1.86. The minimum absolute atomic E-state index is 0.145. The van der Waals surface area contributed by atoms with Crippen LogP contribution >= 0.6 is 0 Å². The van der Waals surface area contributed by atoms with Gasteiger partial charge in [-0.15, -0.1) is 0 Å². The standard InChI is InChI=1S/C14H18O3/c1-10-13(15)9-12(17-14(10)16)8-7-11-5-3-2-4-6-11/h2-6,10,12-13,15H,7-9H2,1H3/t10-,12+,13+/m1/s1. The number of hydrogen-bond acceptors (Lipinski definition) is 3. The Labute approximate surface area is 101 Å². The molecule has 1 aliphatic heterocycles. The number of ether oxygens (including phenoxy) is 1. The predicted octanol–water partition coefficient (Wildman–Crippen LogP) is 1.93. The fraction of sp³-hybridized carbons (Fsp3) is 0.500. The molecule has 1 aromatic carbocycles. The lowest BCUT2D eigenvalue weighted by Crippen LogP contribution is -2.39. The molecule has 1 aliphatic rings. The summed E-state index contributed by atoms with van der Waals surface area (Å²) in [6, 6.07) is 10.1. The Morgan fingerprint density at radius 1 is 1.35 bits per heavy atom. The van der Waals surface area contributed by atoms with Crippen molar-refractivity contribution in [1.82, 2.24) is 0 Å². The van der Waals surface area contributed by atoms with Crippen molar-refractivity contribution < 1.29 is 14.6 Å². The van der Waals surface area contributed by atoms with Gasteiger partial charge < -0.3 is 9.84 Å². The number of rotatable bonds is 3. The molecule has 1 heterocycles. The predicted molar refractivity (Wildman–Crippen MR) is 64.4 cm³/mol. The Morgan fingerprint density at radius 2 is 2.06 bits per heavy atom. The maximum absolute atomic E-state index is 11.4. The van der Waals surface area contributed by atoms with Crippen LogP contribution in [0.15, 0.2) is 30.3 Å². The number of aliphatic hydroxyl groups excluding tert-OH is 1. The number of hydrogen-bond donors (Lipinski definition) is 1. The van der Waals surface area contributed by atoms with E-state index in [9.17, 15) is 9.90 Å². The first-order valence-corrected chi connectivity index (χ1v) is 6.09. The summed E-state index contributed by atoms with van der Waals surface area (Å²) < 4.78 is 5.29. The third-order valence-corrected chi connectivity index (χ3v) is 3.33. The summed E-state index contributed by atoms with van der Waals surface area (Å²) in [5.74, 6) is -0.662. The van der Waals surface area contributed by atoms with Gasteiger partial charge in [-0.1, -0.05) is 30.3 Å². The molecule has 3 heteroatoms. The first-order chi connectivity index (χ1) is 8.16. The first kappa shape index (κ1) is 12.1. The molecule has 0 unspecified atom stereocenters. The molecule has 3 atom stereocenters. The van der Waals surface area contributed by atoms with Crippen LogP contribution in [-0.2, 0) is 16.0 Å². The fourth-order valence-corrected chi connectivity index (χ4v) is 2.10. The van der Waals surface area contributed by atoms with Crippen LogP contribution < -0.4 is 0 Å². The van der Waals surface area contributed by atoms with Crippen molar-refractivity contribution in [3.8, 4) is 0 Å². The minimum Gasteiger partial charge on any atom is -0.462 e. The van der Waals surface area contributed by atoms with Gasteiger partial charge in [0.15, 0.2) is 0 Å².